The Balaban J connectivity index is 1.49. The Morgan fingerprint density at radius 2 is 2.18 bits per heavy atom. The van der Waals surface area contributed by atoms with E-state index in [0.29, 0.717) is 32.2 Å². The molecule has 0 radical (unpaired) electrons. The lowest BCUT2D eigenvalue weighted by molar-refractivity contribution is -0.140. The Hall–Kier alpha value is -2.15. The second-order valence-electron chi connectivity index (χ2n) is 8.27. The predicted octanol–water partition coefficient (Wildman–Crippen LogP) is 5.69. The molecule has 1 amide bonds. The number of fused-ring (bicyclic) bond motifs is 1. The van der Waals surface area contributed by atoms with Crippen molar-refractivity contribution < 1.29 is 19.4 Å². The maximum Gasteiger partial charge on any atom is 0.305 e. The molecule has 2 atom stereocenters. The highest BCUT2D eigenvalue weighted by Crippen LogP contribution is 2.36. The van der Waals surface area contributed by atoms with Gasteiger partial charge in [-0.1, -0.05) is 54.1 Å². The number of aliphatic hydroxyl groups is 1. The number of unbranched alkanes of at least 4 members (excludes halogenated alkanes) is 1. The van der Waals surface area contributed by atoms with Crippen LogP contribution >= 0.6 is 22.9 Å². The van der Waals surface area contributed by atoms with Crippen LogP contribution in [0.1, 0.15) is 49.8 Å². The topological polar surface area (TPSA) is 66.8 Å². The van der Waals surface area contributed by atoms with Crippen molar-refractivity contribution in [2.45, 2.75) is 63.5 Å². The van der Waals surface area contributed by atoms with Gasteiger partial charge in [0.25, 0.3) is 0 Å². The van der Waals surface area contributed by atoms with Crippen LogP contribution < -0.4 is 0 Å². The number of rotatable bonds is 11. The van der Waals surface area contributed by atoms with E-state index in [4.69, 9.17) is 11.6 Å². The van der Waals surface area contributed by atoms with Crippen molar-refractivity contribution >= 4 is 44.9 Å². The van der Waals surface area contributed by atoms with E-state index in [1.807, 2.05) is 47.4 Å². The zero-order chi connectivity index (χ0) is 23.6. The lowest BCUT2D eigenvalue weighted by Gasteiger charge is -2.33. The van der Waals surface area contributed by atoms with Gasteiger partial charge in [-0.05, 0) is 44.6 Å². The predicted molar refractivity (Wildman–Crippen MR) is 135 cm³/mol. The number of aliphatic hydroxyl groups excluding tert-OH is 1. The van der Waals surface area contributed by atoms with Crippen molar-refractivity contribution in [3.05, 3.63) is 58.5 Å². The third kappa shape index (κ3) is 7.42. The molecule has 33 heavy (non-hydrogen) atoms. The number of methoxy groups -OCH3 is 1. The lowest BCUT2D eigenvalue weighted by atomic mass is 10.00. The van der Waals surface area contributed by atoms with Gasteiger partial charge in [-0.3, -0.25) is 9.59 Å². The molecule has 2 aromatic rings. The molecule has 1 unspecified atom stereocenters. The van der Waals surface area contributed by atoms with E-state index in [1.54, 1.807) is 11.3 Å². The largest absolute Gasteiger partial charge is 0.469 e. The maximum absolute atomic E-state index is 12.5. The fourth-order valence-corrected chi connectivity index (χ4v) is 5.56. The first-order valence-electron chi connectivity index (χ1n) is 11.5. The summed E-state index contributed by atoms with van der Waals surface area (Å²) in [5, 5.41) is 12.4. The molecule has 2 heterocycles. The smallest absolute Gasteiger partial charge is 0.305 e. The van der Waals surface area contributed by atoms with E-state index >= 15 is 0 Å². The molecule has 1 aliphatic heterocycles. The monoisotopic (exact) mass is 489 g/mol. The first-order chi connectivity index (χ1) is 16.0. The van der Waals surface area contributed by atoms with Gasteiger partial charge in [-0.15, -0.1) is 11.3 Å². The molecule has 0 saturated carbocycles. The molecule has 1 saturated heterocycles. The number of piperidine rings is 1. The van der Waals surface area contributed by atoms with Crippen LogP contribution in [0.2, 0.25) is 5.02 Å². The van der Waals surface area contributed by atoms with E-state index in [1.165, 1.54) is 7.11 Å². The van der Waals surface area contributed by atoms with Crippen LogP contribution in [0.3, 0.4) is 0 Å². The summed E-state index contributed by atoms with van der Waals surface area (Å²) in [6.45, 7) is 0.541. The third-order valence-corrected chi connectivity index (χ3v) is 7.66. The number of aryl methyl sites for hydroxylation is 1. The maximum atomic E-state index is 12.5. The van der Waals surface area contributed by atoms with Crippen molar-refractivity contribution in [3.8, 4) is 0 Å². The van der Waals surface area contributed by atoms with Gasteiger partial charge in [0.05, 0.1) is 24.3 Å². The number of benzene rings is 1. The van der Waals surface area contributed by atoms with E-state index in [2.05, 4.69) is 10.8 Å². The highest BCUT2D eigenvalue weighted by Gasteiger charge is 2.25. The summed E-state index contributed by atoms with van der Waals surface area (Å²) in [5.41, 5.74) is 0. The van der Waals surface area contributed by atoms with Crippen LogP contribution in [0.5, 0.6) is 0 Å². The number of ether oxygens (including phenoxy) is 1. The van der Waals surface area contributed by atoms with Crippen molar-refractivity contribution in [3.63, 3.8) is 0 Å². The molecule has 1 aromatic carbocycles. The minimum atomic E-state index is -0.584. The Labute approximate surface area is 204 Å². The standard InChI is InChI=1S/C26H32ClNO4S/c1-32-25(31)13-4-2-3-7-18-28-19(9-8-12-24(28)30)14-15-20(29)16-17-23-26(27)21-10-5-6-11-22(21)33-23/h3,5-7,10-11,14-15,19-20,29H,2,4,8-9,12-13,16-18H2,1H3/t19-,20?/m1/s1. The van der Waals surface area contributed by atoms with Crippen LogP contribution in [0.15, 0.2) is 48.6 Å². The summed E-state index contributed by atoms with van der Waals surface area (Å²) in [6, 6.07) is 8.07. The fourth-order valence-electron chi connectivity index (χ4n) is 4.01. The molecule has 1 aromatic heterocycles. The van der Waals surface area contributed by atoms with E-state index in [0.717, 1.165) is 45.7 Å². The molecule has 178 valence electrons. The number of hydrogen-bond donors (Lipinski definition) is 1. The highest BCUT2D eigenvalue weighted by atomic mass is 35.5. The summed E-state index contributed by atoms with van der Waals surface area (Å²) in [7, 11) is 1.39. The SMILES string of the molecule is COC(=O)CCCC=CCN1C(=O)CCC[C@@H]1C=CC(O)CCc1sc2ccccc2c1Cl. The van der Waals surface area contributed by atoms with Gasteiger partial charge in [0, 0.05) is 34.3 Å². The second kappa shape index (κ2) is 12.9. The number of carbonyl (C=O) groups is 2. The molecular formula is C26H32ClNO4S. The number of likely N-dealkylation sites (tertiary alicyclic amines) is 1. The Bertz CT molecular complexity index is 999. The van der Waals surface area contributed by atoms with Gasteiger partial charge in [-0.25, -0.2) is 0 Å². The highest BCUT2D eigenvalue weighted by molar-refractivity contribution is 7.19. The normalized spacial score (nSPS) is 18.0. The zero-order valence-corrected chi connectivity index (χ0v) is 20.6. The molecule has 1 fully saturated rings. The van der Waals surface area contributed by atoms with E-state index < -0.39 is 6.10 Å². The molecule has 3 rings (SSSR count). The van der Waals surface area contributed by atoms with Crippen LogP contribution in [-0.4, -0.2) is 47.7 Å². The van der Waals surface area contributed by atoms with Crippen molar-refractivity contribution in [1.82, 2.24) is 4.90 Å². The zero-order valence-electron chi connectivity index (χ0n) is 19.0. The number of amides is 1. The summed E-state index contributed by atoms with van der Waals surface area (Å²) in [4.78, 5) is 26.6. The third-order valence-electron chi connectivity index (χ3n) is 5.88. The van der Waals surface area contributed by atoms with Gasteiger partial charge < -0.3 is 14.7 Å². The van der Waals surface area contributed by atoms with Crippen LogP contribution in [0.25, 0.3) is 10.1 Å². The second-order valence-corrected chi connectivity index (χ2v) is 9.79. The first-order valence-corrected chi connectivity index (χ1v) is 12.7. The van der Waals surface area contributed by atoms with Crippen LogP contribution in [0.4, 0.5) is 0 Å². The lowest BCUT2D eigenvalue weighted by Crippen LogP contribution is -2.42. The summed E-state index contributed by atoms with van der Waals surface area (Å²) >= 11 is 8.19. The number of esters is 1. The summed E-state index contributed by atoms with van der Waals surface area (Å²) in [5.74, 6) is -0.0605. The number of carbonyl (C=O) groups excluding carboxylic acids is 2. The molecule has 1 N–H and O–H groups in total. The van der Waals surface area contributed by atoms with Crippen LogP contribution in [0, 0.1) is 0 Å². The molecule has 1 aliphatic rings. The average Bonchev–Trinajstić information content (AvgIpc) is 3.15. The fraction of sp³-hybridized carbons (Fsp3) is 0.462. The molecular weight excluding hydrogens is 458 g/mol. The van der Waals surface area contributed by atoms with Crippen LogP contribution in [-0.2, 0) is 20.7 Å². The number of nitrogens with zero attached hydrogens (tertiary/aromatic N) is 1. The number of allylic oxidation sites excluding steroid dienone is 1. The van der Waals surface area contributed by atoms with Crippen molar-refractivity contribution in [2.24, 2.45) is 0 Å². The molecule has 5 nitrogen and oxygen atoms in total. The first kappa shape index (κ1) is 25.5. The summed E-state index contributed by atoms with van der Waals surface area (Å²) < 4.78 is 5.80. The minimum Gasteiger partial charge on any atom is -0.469 e. The Morgan fingerprint density at radius 3 is 2.97 bits per heavy atom. The van der Waals surface area contributed by atoms with E-state index in [-0.39, 0.29) is 17.9 Å². The molecule has 7 heteroatoms. The molecule has 0 aliphatic carbocycles. The quantitative estimate of drug-likeness (QED) is 0.250. The molecule has 0 spiro atoms. The van der Waals surface area contributed by atoms with E-state index in [9.17, 15) is 14.7 Å². The van der Waals surface area contributed by atoms with Crippen molar-refractivity contribution in [2.75, 3.05) is 13.7 Å². The van der Waals surface area contributed by atoms with Gasteiger partial charge in [0.2, 0.25) is 5.91 Å². The number of hydrogen-bond acceptors (Lipinski definition) is 5. The number of halogens is 1. The Morgan fingerprint density at radius 1 is 1.36 bits per heavy atom. The van der Waals surface area contributed by atoms with Gasteiger partial charge in [0.1, 0.15) is 0 Å². The van der Waals surface area contributed by atoms with Gasteiger partial charge >= 0.3 is 5.97 Å². The minimum absolute atomic E-state index is 0.00599. The summed E-state index contributed by atoms with van der Waals surface area (Å²) in [6.07, 6.45) is 12.7. The molecule has 0 bridgehead atoms. The average molecular weight is 490 g/mol. The number of thiophene rings is 1. The van der Waals surface area contributed by atoms with Crippen molar-refractivity contribution in [1.29, 1.82) is 0 Å². The Kier molecular flexibility index (Phi) is 9.97. The van der Waals surface area contributed by atoms with Gasteiger partial charge in [0.15, 0.2) is 0 Å². The van der Waals surface area contributed by atoms with Gasteiger partial charge in [-0.2, -0.15) is 0 Å².